The van der Waals surface area contributed by atoms with Crippen molar-refractivity contribution in [2.45, 2.75) is 38.8 Å². The minimum Gasteiger partial charge on any atom is -0.496 e. The highest BCUT2D eigenvalue weighted by molar-refractivity contribution is 7.90. The summed E-state index contributed by atoms with van der Waals surface area (Å²) in [6.07, 6.45) is 1.22. The Hall–Kier alpha value is -2.54. The Balaban J connectivity index is 2.09. The highest BCUT2D eigenvalue weighted by Gasteiger charge is 2.10. The molecule has 0 spiro atoms. The second kappa shape index (κ2) is 9.59. The summed E-state index contributed by atoms with van der Waals surface area (Å²) in [6.45, 7) is 7.65. The van der Waals surface area contributed by atoms with Crippen LogP contribution in [0.25, 0.3) is 0 Å². The summed E-state index contributed by atoms with van der Waals surface area (Å²) in [7, 11) is -1.54. The summed E-state index contributed by atoms with van der Waals surface area (Å²) < 4.78 is 28.9. The summed E-state index contributed by atoms with van der Waals surface area (Å²) in [6, 6.07) is 11.4. The monoisotopic (exact) mass is 403 g/mol. The summed E-state index contributed by atoms with van der Waals surface area (Å²) in [5, 5.41) is 6.54. The van der Waals surface area contributed by atoms with E-state index >= 15 is 0 Å². The number of nitrogens with one attached hydrogen (secondary N) is 2. The third kappa shape index (κ3) is 5.99. The molecule has 0 aliphatic carbocycles. The van der Waals surface area contributed by atoms with Crippen molar-refractivity contribution < 1.29 is 13.2 Å². The number of hydrogen-bond donors (Lipinski definition) is 2. The lowest BCUT2D eigenvalue weighted by Gasteiger charge is -2.13. The zero-order valence-electron chi connectivity index (χ0n) is 17.2. The van der Waals surface area contributed by atoms with Crippen molar-refractivity contribution in [3.05, 3.63) is 58.7 Å². The van der Waals surface area contributed by atoms with Crippen LogP contribution in [0.15, 0.2) is 46.3 Å². The fraction of sp³-hybridized carbons (Fsp3) is 0.381. The maximum atomic E-state index is 11.7. The van der Waals surface area contributed by atoms with Gasteiger partial charge < -0.3 is 15.4 Å². The molecule has 0 amide bonds. The van der Waals surface area contributed by atoms with Crippen molar-refractivity contribution in [1.29, 1.82) is 0 Å². The van der Waals surface area contributed by atoms with Gasteiger partial charge >= 0.3 is 0 Å². The van der Waals surface area contributed by atoms with Crippen molar-refractivity contribution in [2.24, 2.45) is 4.99 Å². The van der Waals surface area contributed by atoms with E-state index in [0.29, 0.717) is 23.9 Å². The zero-order chi connectivity index (χ0) is 20.7. The lowest BCUT2D eigenvalue weighted by Crippen LogP contribution is -2.36. The molecule has 0 aliphatic heterocycles. The Morgan fingerprint density at radius 1 is 1.04 bits per heavy atom. The van der Waals surface area contributed by atoms with E-state index in [2.05, 4.69) is 21.7 Å². The van der Waals surface area contributed by atoms with Crippen LogP contribution in [-0.4, -0.2) is 34.3 Å². The average Bonchev–Trinajstić information content (AvgIpc) is 2.64. The van der Waals surface area contributed by atoms with Crippen LogP contribution in [0, 0.1) is 13.8 Å². The highest BCUT2D eigenvalue weighted by atomic mass is 32.2. The Labute approximate surface area is 168 Å². The maximum absolute atomic E-state index is 11.7. The SMILES string of the molecule is CCNC(=NCc1ccc(S(C)(=O)=O)c(C)c1)NCc1ccc(C)c(OC)c1. The van der Waals surface area contributed by atoms with E-state index in [4.69, 9.17) is 4.74 Å². The molecular weight excluding hydrogens is 374 g/mol. The molecule has 28 heavy (non-hydrogen) atoms. The number of hydrogen-bond acceptors (Lipinski definition) is 4. The number of methoxy groups -OCH3 is 1. The standard InChI is InChI=1S/C21H29N3O3S/c1-6-22-21(24-14-18-8-7-15(2)19(12-18)27-4)23-13-17-9-10-20(16(3)11-17)28(5,25)26/h7-12H,6,13-14H2,1-5H3,(H2,22,23,24). The van der Waals surface area contributed by atoms with Gasteiger partial charge in [-0.25, -0.2) is 13.4 Å². The summed E-state index contributed by atoms with van der Waals surface area (Å²) in [5.41, 5.74) is 3.89. The molecule has 0 unspecified atom stereocenters. The van der Waals surface area contributed by atoms with Gasteiger partial charge in [-0.15, -0.1) is 0 Å². The minimum absolute atomic E-state index is 0.360. The lowest BCUT2D eigenvalue weighted by atomic mass is 10.1. The van der Waals surface area contributed by atoms with Gasteiger partial charge in [0.2, 0.25) is 0 Å². The van der Waals surface area contributed by atoms with Crippen LogP contribution < -0.4 is 15.4 Å². The molecule has 2 aromatic rings. The first kappa shape index (κ1) is 21.8. The first-order chi connectivity index (χ1) is 13.2. The van der Waals surface area contributed by atoms with E-state index in [-0.39, 0.29) is 0 Å². The van der Waals surface area contributed by atoms with E-state index in [9.17, 15) is 8.42 Å². The van der Waals surface area contributed by atoms with Gasteiger partial charge in [0.15, 0.2) is 15.8 Å². The van der Waals surface area contributed by atoms with Crippen molar-refractivity contribution in [3.8, 4) is 5.75 Å². The smallest absolute Gasteiger partial charge is 0.191 e. The molecule has 0 atom stereocenters. The Kier molecular flexibility index (Phi) is 7.45. The van der Waals surface area contributed by atoms with Crippen molar-refractivity contribution in [1.82, 2.24) is 10.6 Å². The number of benzene rings is 2. The summed E-state index contributed by atoms with van der Waals surface area (Å²) in [5.74, 6) is 1.56. The van der Waals surface area contributed by atoms with E-state index < -0.39 is 9.84 Å². The van der Waals surface area contributed by atoms with Gasteiger partial charge in [-0.3, -0.25) is 0 Å². The molecule has 0 heterocycles. The predicted molar refractivity (Wildman–Crippen MR) is 114 cm³/mol. The molecule has 152 valence electrons. The van der Waals surface area contributed by atoms with Crippen molar-refractivity contribution in [3.63, 3.8) is 0 Å². The number of ether oxygens (including phenoxy) is 1. The van der Waals surface area contributed by atoms with Gasteiger partial charge in [-0.1, -0.05) is 24.3 Å². The van der Waals surface area contributed by atoms with Crippen molar-refractivity contribution in [2.75, 3.05) is 19.9 Å². The fourth-order valence-corrected chi connectivity index (χ4v) is 3.86. The predicted octanol–water partition coefficient (Wildman–Crippen LogP) is 2.97. The molecule has 2 aromatic carbocycles. The third-order valence-electron chi connectivity index (χ3n) is 4.34. The number of sulfone groups is 1. The molecule has 0 fully saturated rings. The Morgan fingerprint density at radius 3 is 2.36 bits per heavy atom. The second-order valence-corrected chi connectivity index (χ2v) is 8.71. The van der Waals surface area contributed by atoms with Crippen LogP contribution in [0.1, 0.15) is 29.2 Å². The van der Waals surface area contributed by atoms with Gasteiger partial charge in [-0.2, -0.15) is 0 Å². The quantitative estimate of drug-likeness (QED) is 0.549. The van der Waals surface area contributed by atoms with E-state index in [1.54, 1.807) is 26.2 Å². The van der Waals surface area contributed by atoms with E-state index in [0.717, 1.165) is 34.5 Å². The Morgan fingerprint density at radius 2 is 1.75 bits per heavy atom. The molecule has 0 bridgehead atoms. The van der Waals surface area contributed by atoms with E-state index in [1.165, 1.54) is 6.26 Å². The maximum Gasteiger partial charge on any atom is 0.191 e. The topological polar surface area (TPSA) is 79.8 Å². The van der Waals surface area contributed by atoms with Gasteiger partial charge in [-0.05, 0) is 55.2 Å². The summed E-state index contributed by atoms with van der Waals surface area (Å²) in [4.78, 5) is 4.97. The van der Waals surface area contributed by atoms with Crippen LogP contribution in [0.2, 0.25) is 0 Å². The van der Waals surface area contributed by atoms with Crippen LogP contribution in [-0.2, 0) is 22.9 Å². The molecule has 2 rings (SSSR count). The normalized spacial score (nSPS) is 12.0. The second-order valence-electron chi connectivity index (χ2n) is 6.72. The first-order valence-corrected chi connectivity index (χ1v) is 11.1. The van der Waals surface area contributed by atoms with Crippen LogP contribution in [0.5, 0.6) is 5.75 Å². The molecule has 0 saturated heterocycles. The molecular formula is C21H29N3O3S. The average molecular weight is 404 g/mol. The molecule has 0 radical (unpaired) electrons. The largest absolute Gasteiger partial charge is 0.496 e. The third-order valence-corrected chi connectivity index (χ3v) is 5.59. The molecule has 0 aromatic heterocycles. The van der Waals surface area contributed by atoms with Gasteiger partial charge in [0, 0.05) is 19.3 Å². The van der Waals surface area contributed by atoms with Gasteiger partial charge in [0.05, 0.1) is 18.6 Å². The minimum atomic E-state index is -3.21. The molecule has 2 N–H and O–H groups in total. The number of aryl methyl sites for hydroxylation is 2. The number of guanidine groups is 1. The molecule has 7 heteroatoms. The van der Waals surface area contributed by atoms with Crippen molar-refractivity contribution >= 4 is 15.8 Å². The van der Waals surface area contributed by atoms with Crippen LogP contribution in [0.3, 0.4) is 0 Å². The van der Waals surface area contributed by atoms with Crippen LogP contribution in [0.4, 0.5) is 0 Å². The Bertz CT molecular complexity index is 953. The van der Waals surface area contributed by atoms with Gasteiger partial charge in [0.1, 0.15) is 5.75 Å². The zero-order valence-corrected chi connectivity index (χ0v) is 18.0. The lowest BCUT2D eigenvalue weighted by molar-refractivity contribution is 0.411. The fourth-order valence-electron chi connectivity index (χ4n) is 2.90. The van der Waals surface area contributed by atoms with Crippen LogP contribution >= 0.6 is 0 Å². The number of nitrogens with zero attached hydrogens (tertiary/aromatic N) is 1. The molecule has 0 aliphatic rings. The van der Waals surface area contributed by atoms with Gasteiger partial charge in [0.25, 0.3) is 0 Å². The number of aliphatic imine (C=N–C) groups is 1. The molecule has 0 saturated carbocycles. The van der Waals surface area contributed by atoms with E-state index in [1.807, 2.05) is 32.0 Å². The molecule has 6 nitrogen and oxygen atoms in total. The first-order valence-electron chi connectivity index (χ1n) is 9.20. The number of rotatable bonds is 7. The summed E-state index contributed by atoms with van der Waals surface area (Å²) >= 11 is 0. The highest BCUT2D eigenvalue weighted by Crippen LogP contribution is 2.19.